The molecule has 0 saturated carbocycles. The zero-order valence-corrected chi connectivity index (χ0v) is 9.85. The molecule has 0 aliphatic heterocycles. The molecule has 0 atom stereocenters. The summed E-state index contributed by atoms with van der Waals surface area (Å²) >= 11 is 0. The first-order valence-corrected chi connectivity index (χ1v) is 5.38. The van der Waals surface area contributed by atoms with Gasteiger partial charge in [-0.2, -0.15) is 0 Å². The monoisotopic (exact) mass is 248 g/mol. The van der Waals surface area contributed by atoms with Crippen LogP contribution >= 0.6 is 0 Å². The summed E-state index contributed by atoms with van der Waals surface area (Å²) in [7, 11) is 1.69. The molecule has 5 nitrogen and oxygen atoms in total. The fourth-order valence-electron chi connectivity index (χ4n) is 1.55. The van der Waals surface area contributed by atoms with Gasteiger partial charge in [-0.15, -0.1) is 0 Å². The van der Waals surface area contributed by atoms with Crippen LogP contribution in [0.2, 0.25) is 0 Å². The number of nitrogens with one attached hydrogen (secondary N) is 1. The summed E-state index contributed by atoms with van der Waals surface area (Å²) in [6.45, 7) is 0.257. The highest BCUT2D eigenvalue weighted by Gasteiger charge is 2.12. The highest BCUT2D eigenvalue weighted by atomic mass is 19.1. The van der Waals surface area contributed by atoms with E-state index >= 15 is 0 Å². The number of aromatic nitrogens is 2. The van der Waals surface area contributed by atoms with Gasteiger partial charge in [-0.1, -0.05) is 6.07 Å². The van der Waals surface area contributed by atoms with E-state index in [0.29, 0.717) is 11.3 Å². The van der Waals surface area contributed by atoms with Gasteiger partial charge in [-0.25, -0.2) is 9.37 Å². The molecular formula is C12H13FN4O. The molecule has 0 aliphatic carbocycles. The van der Waals surface area contributed by atoms with E-state index in [9.17, 15) is 9.18 Å². The molecule has 0 radical (unpaired) electrons. The van der Waals surface area contributed by atoms with E-state index < -0.39 is 11.7 Å². The van der Waals surface area contributed by atoms with Gasteiger partial charge < -0.3 is 15.6 Å². The Labute approximate surface area is 103 Å². The normalized spacial score (nSPS) is 10.4. The van der Waals surface area contributed by atoms with E-state index in [2.05, 4.69) is 10.3 Å². The molecule has 2 rings (SSSR count). The van der Waals surface area contributed by atoms with Crippen molar-refractivity contribution in [3.05, 3.63) is 47.8 Å². The number of anilines is 1. The summed E-state index contributed by atoms with van der Waals surface area (Å²) < 4.78 is 15.2. The van der Waals surface area contributed by atoms with Crippen LogP contribution in [0.4, 0.5) is 10.1 Å². The maximum Gasteiger partial charge on any atom is 0.274 e. The molecule has 6 heteroatoms. The molecule has 0 saturated heterocycles. The van der Waals surface area contributed by atoms with Crippen molar-refractivity contribution in [2.75, 3.05) is 5.32 Å². The van der Waals surface area contributed by atoms with E-state index in [1.165, 1.54) is 24.7 Å². The molecular weight excluding hydrogens is 235 g/mol. The maximum absolute atomic E-state index is 13.6. The molecule has 0 aliphatic rings. The van der Waals surface area contributed by atoms with Crippen molar-refractivity contribution in [3.63, 3.8) is 0 Å². The van der Waals surface area contributed by atoms with Gasteiger partial charge in [0.05, 0.1) is 18.2 Å². The van der Waals surface area contributed by atoms with E-state index in [1.54, 1.807) is 17.7 Å². The smallest absolute Gasteiger partial charge is 0.274 e. The molecule has 18 heavy (non-hydrogen) atoms. The molecule has 0 spiro atoms. The van der Waals surface area contributed by atoms with Gasteiger partial charge in [0.2, 0.25) is 0 Å². The van der Waals surface area contributed by atoms with Crippen LogP contribution in [0.5, 0.6) is 0 Å². The summed E-state index contributed by atoms with van der Waals surface area (Å²) in [5.74, 6) is -0.914. The lowest BCUT2D eigenvalue weighted by Crippen LogP contribution is -2.16. The molecule has 94 valence electrons. The summed E-state index contributed by atoms with van der Waals surface area (Å²) in [5, 5.41) is 2.49. The van der Waals surface area contributed by atoms with Crippen molar-refractivity contribution in [2.24, 2.45) is 12.8 Å². The predicted octanol–water partition coefficient (Wildman–Crippen LogP) is 1.27. The Bertz CT molecular complexity index is 579. The maximum atomic E-state index is 13.6. The van der Waals surface area contributed by atoms with Crippen LogP contribution in [0.3, 0.4) is 0 Å². The Kier molecular flexibility index (Phi) is 3.38. The van der Waals surface area contributed by atoms with Gasteiger partial charge >= 0.3 is 0 Å². The molecule has 1 aromatic heterocycles. The molecule has 3 N–H and O–H groups in total. The second kappa shape index (κ2) is 4.97. The molecule has 1 heterocycles. The van der Waals surface area contributed by atoms with Crippen LogP contribution in [0.25, 0.3) is 0 Å². The van der Waals surface area contributed by atoms with Crippen LogP contribution in [0, 0.1) is 5.82 Å². The van der Waals surface area contributed by atoms with Crippen molar-refractivity contribution in [3.8, 4) is 0 Å². The third kappa shape index (κ3) is 2.38. The molecule has 0 unspecified atom stereocenters. The Morgan fingerprint density at radius 3 is 2.89 bits per heavy atom. The van der Waals surface area contributed by atoms with Gasteiger partial charge in [-0.3, -0.25) is 4.79 Å². The summed E-state index contributed by atoms with van der Waals surface area (Å²) in [4.78, 5) is 15.7. The van der Waals surface area contributed by atoms with Gasteiger partial charge in [0.1, 0.15) is 11.5 Å². The standard InChI is InChI=1S/C12H13FN4O/c1-17-7-15-6-11(17)12(18)16-10-3-2-8(5-14)4-9(10)13/h2-4,6-7H,5,14H2,1H3,(H,16,18). The number of amides is 1. The minimum Gasteiger partial charge on any atom is -0.330 e. The van der Waals surface area contributed by atoms with Crippen LogP contribution < -0.4 is 11.1 Å². The second-order valence-electron chi connectivity index (χ2n) is 3.86. The predicted molar refractivity (Wildman–Crippen MR) is 65.5 cm³/mol. The summed E-state index contributed by atoms with van der Waals surface area (Å²) in [6.07, 6.45) is 2.92. The number of nitrogens with zero attached hydrogens (tertiary/aromatic N) is 2. The van der Waals surface area contributed by atoms with Crippen LogP contribution in [0.1, 0.15) is 16.1 Å². The van der Waals surface area contributed by atoms with E-state index in [1.807, 2.05) is 0 Å². The zero-order chi connectivity index (χ0) is 13.1. The number of carbonyl (C=O) groups is 1. The van der Waals surface area contributed by atoms with Gasteiger partial charge in [0.15, 0.2) is 0 Å². The highest BCUT2D eigenvalue weighted by molar-refractivity contribution is 6.03. The van der Waals surface area contributed by atoms with Crippen molar-refractivity contribution >= 4 is 11.6 Å². The Morgan fingerprint density at radius 2 is 2.33 bits per heavy atom. The minimum atomic E-state index is -0.506. The molecule has 0 bridgehead atoms. The van der Waals surface area contributed by atoms with E-state index in [0.717, 1.165) is 0 Å². The first kappa shape index (κ1) is 12.3. The molecule has 1 aromatic carbocycles. The summed E-state index contributed by atoms with van der Waals surface area (Å²) in [5.41, 5.74) is 6.56. The number of rotatable bonds is 3. The second-order valence-corrected chi connectivity index (χ2v) is 3.86. The first-order chi connectivity index (χ1) is 8.61. The topological polar surface area (TPSA) is 72.9 Å². The van der Waals surface area contributed by atoms with Crippen molar-refractivity contribution < 1.29 is 9.18 Å². The molecule has 0 fully saturated rings. The van der Waals surface area contributed by atoms with Gasteiger partial charge in [0, 0.05) is 13.6 Å². The highest BCUT2D eigenvalue weighted by Crippen LogP contribution is 2.16. The van der Waals surface area contributed by atoms with Gasteiger partial charge in [-0.05, 0) is 17.7 Å². The van der Waals surface area contributed by atoms with Crippen molar-refractivity contribution in [2.45, 2.75) is 6.54 Å². The number of benzene rings is 1. The number of halogens is 1. The number of carbonyl (C=O) groups excluding carboxylic acids is 1. The van der Waals surface area contributed by atoms with Crippen LogP contribution in [-0.2, 0) is 13.6 Å². The van der Waals surface area contributed by atoms with Crippen molar-refractivity contribution in [1.29, 1.82) is 0 Å². The Hall–Kier alpha value is -2.21. The third-order valence-electron chi connectivity index (χ3n) is 2.57. The number of hydrogen-bond donors (Lipinski definition) is 2. The van der Waals surface area contributed by atoms with Crippen LogP contribution in [0.15, 0.2) is 30.7 Å². The average Bonchev–Trinajstić information content (AvgIpc) is 2.78. The van der Waals surface area contributed by atoms with Gasteiger partial charge in [0.25, 0.3) is 5.91 Å². The quantitative estimate of drug-likeness (QED) is 0.859. The number of hydrogen-bond acceptors (Lipinski definition) is 3. The molecule has 1 amide bonds. The third-order valence-corrected chi connectivity index (χ3v) is 2.57. The minimum absolute atomic E-state index is 0.124. The van der Waals surface area contributed by atoms with E-state index in [4.69, 9.17) is 5.73 Å². The SMILES string of the molecule is Cn1cncc1C(=O)Nc1ccc(CN)cc1F. The first-order valence-electron chi connectivity index (χ1n) is 5.38. The molecule has 2 aromatic rings. The van der Waals surface area contributed by atoms with E-state index in [-0.39, 0.29) is 12.2 Å². The lowest BCUT2D eigenvalue weighted by Gasteiger charge is -2.07. The zero-order valence-electron chi connectivity index (χ0n) is 9.85. The lowest BCUT2D eigenvalue weighted by atomic mass is 10.2. The fourth-order valence-corrected chi connectivity index (χ4v) is 1.55. The largest absolute Gasteiger partial charge is 0.330 e. The number of nitrogens with two attached hydrogens (primary N) is 1. The Morgan fingerprint density at radius 1 is 1.56 bits per heavy atom. The summed E-state index contributed by atoms with van der Waals surface area (Å²) in [6, 6.07) is 4.46. The Balaban J connectivity index is 2.20. The number of aryl methyl sites for hydroxylation is 1. The number of imidazole rings is 1. The fraction of sp³-hybridized carbons (Fsp3) is 0.167. The lowest BCUT2D eigenvalue weighted by molar-refractivity contribution is 0.101. The van der Waals surface area contributed by atoms with Crippen LogP contribution in [-0.4, -0.2) is 15.5 Å². The average molecular weight is 248 g/mol. The van der Waals surface area contributed by atoms with Crippen molar-refractivity contribution in [1.82, 2.24) is 9.55 Å².